The molecule has 1 saturated heterocycles. The number of thiophene rings is 1. The first-order valence-corrected chi connectivity index (χ1v) is 10.4. The van der Waals surface area contributed by atoms with Gasteiger partial charge >= 0.3 is 5.97 Å². The molecule has 5 nitrogen and oxygen atoms in total. The van der Waals surface area contributed by atoms with Crippen LogP contribution >= 0.6 is 11.3 Å². The number of nitrogens with one attached hydrogen (secondary N) is 2. The van der Waals surface area contributed by atoms with Crippen LogP contribution in [0.25, 0.3) is 10.1 Å². The van der Waals surface area contributed by atoms with E-state index in [-0.39, 0.29) is 11.8 Å². The minimum Gasteiger partial charge on any atom is -0.462 e. The maximum absolute atomic E-state index is 14.6. The summed E-state index contributed by atoms with van der Waals surface area (Å²) in [5.74, 6) is 0.493. The van der Waals surface area contributed by atoms with Crippen LogP contribution in [0, 0.1) is 5.82 Å². The van der Waals surface area contributed by atoms with Crippen LogP contribution in [0.2, 0.25) is 0 Å². The predicted molar refractivity (Wildman–Crippen MR) is 107 cm³/mol. The second-order valence-corrected chi connectivity index (χ2v) is 7.96. The van der Waals surface area contributed by atoms with Crippen molar-refractivity contribution in [3.63, 3.8) is 0 Å². The first-order chi connectivity index (χ1) is 13.7. The van der Waals surface area contributed by atoms with Gasteiger partial charge in [0.15, 0.2) is 0 Å². The Morgan fingerprint density at radius 2 is 2.07 bits per heavy atom. The maximum atomic E-state index is 14.6. The van der Waals surface area contributed by atoms with E-state index in [2.05, 4.69) is 16.0 Å². The van der Waals surface area contributed by atoms with Crippen molar-refractivity contribution in [2.45, 2.75) is 13.5 Å². The first kappa shape index (κ1) is 18.8. The summed E-state index contributed by atoms with van der Waals surface area (Å²) in [4.78, 5) is 19.9. The molecule has 0 saturated carbocycles. The second-order valence-electron chi connectivity index (χ2n) is 6.90. The number of rotatable bonds is 5. The van der Waals surface area contributed by atoms with Gasteiger partial charge in [-0.1, -0.05) is 12.1 Å². The molecule has 3 heterocycles. The van der Waals surface area contributed by atoms with Crippen molar-refractivity contribution in [2.24, 2.45) is 0 Å². The molecule has 0 spiro atoms. The lowest BCUT2D eigenvalue weighted by molar-refractivity contribution is -0.914. The summed E-state index contributed by atoms with van der Waals surface area (Å²) in [5, 5.41) is 0.571. The number of carbonyl (C=O) groups excluding carboxylic acids is 1. The number of nitrogens with zero attached hydrogens (tertiary/aromatic N) is 1. The van der Waals surface area contributed by atoms with Gasteiger partial charge in [0.1, 0.15) is 43.4 Å². The highest BCUT2D eigenvalue weighted by Crippen LogP contribution is 2.33. The zero-order chi connectivity index (χ0) is 19.5. The van der Waals surface area contributed by atoms with Crippen molar-refractivity contribution in [3.05, 3.63) is 58.9 Å². The van der Waals surface area contributed by atoms with E-state index in [1.54, 1.807) is 13.0 Å². The number of pyridine rings is 1. The molecular weight excluding hydrogens is 377 g/mol. The van der Waals surface area contributed by atoms with E-state index < -0.39 is 0 Å². The van der Waals surface area contributed by atoms with Gasteiger partial charge in [0.2, 0.25) is 0 Å². The van der Waals surface area contributed by atoms with Crippen molar-refractivity contribution in [3.8, 4) is 0 Å². The number of esters is 1. The fraction of sp³-hybridized carbons (Fsp3) is 0.333. The number of ether oxygens (including phenoxy) is 1. The van der Waals surface area contributed by atoms with Crippen molar-refractivity contribution >= 4 is 33.2 Å². The van der Waals surface area contributed by atoms with Crippen LogP contribution in [0.3, 0.4) is 0 Å². The number of fused-ring (bicyclic) bond motifs is 1. The van der Waals surface area contributed by atoms with E-state index >= 15 is 0 Å². The quantitative estimate of drug-likeness (QED) is 0.665. The van der Waals surface area contributed by atoms with Crippen LogP contribution < -0.4 is 14.8 Å². The van der Waals surface area contributed by atoms with Gasteiger partial charge in [0, 0.05) is 21.7 Å². The summed E-state index contributed by atoms with van der Waals surface area (Å²) in [6.45, 7) is 6.41. The van der Waals surface area contributed by atoms with Gasteiger partial charge in [-0.3, -0.25) is 4.90 Å². The van der Waals surface area contributed by atoms with Crippen LogP contribution in [0.15, 0.2) is 42.6 Å². The number of hydrogen-bond donors (Lipinski definition) is 1. The Morgan fingerprint density at radius 3 is 2.79 bits per heavy atom. The van der Waals surface area contributed by atoms with Gasteiger partial charge < -0.3 is 9.64 Å². The summed E-state index contributed by atoms with van der Waals surface area (Å²) in [5.41, 5.74) is 0.784. The van der Waals surface area contributed by atoms with Crippen LogP contribution in [0.5, 0.6) is 0 Å². The number of carbonyl (C=O) groups is 1. The molecule has 2 N–H and O–H groups in total. The molecule has 1 aliphatic heterocycles. The molecule has 2 aromatic heterocycles. The fourth-order valence-corrected chi connectivity index (χ4v) is 4.90. The van der Waals surface area contributed by atoms with Gasteiger partial charge in [-0.05, 0) is 25.1 Å². The normalized spacial score (nSPS) is 15.1. The third kappa shape index (κ3) is 3.72. The Labute approximate surface area is 167 Å². The van der Waals surface area contributed by atoms with Crippen LogP contribution in [-0.4, -0.2) is 38.8 Å². The lowest BCUT2D eigenvalue weighted by atomic mass is 10.1. The highest BCUT2D eigenvalue weighted by molar-refractivity contribution is 7.21. The van der Waals surface area contributed by atoms with Gasteiger partial charge in [-0.25, -0.2) is 14.2 Å². The number of quaternary nitrogens is 1. The molecule has 1 aliphatic rings. The molecule has 0 radical (unpaired) electrons. The molecule has 0 aliphatic carbocycles. The molecule has 1 aromatic carbocycles. The zero-order valence-corrected chi connectivity index (χ0v) is 16.7. The fourth-order valence-electron chi connectivity index (χ4n) is 3.77. The minimum atomic E-state index is -0.352. The summed E-state index contributed by atoms with van der Waals surface area (Å²) in [7, 11) is 0. The van der Waals surface area contributed by atoms with Crippen molar-refractivity contribution < 1.29 is 23.8 Å². The van der Waals surface area contributed by atoms with E-state index in [4.69, 9.17) is 4.74 Å². The van der Waals surface area contributed by atoms with E-state index in [0.29, 0.717) is 23.4 Å². The molecule has 0 atom stereocenters. The highest BCUT2D eigenvalue weighted by Gasteiger charge is 2.29. The number of benzene rings is 1. The summed E-state index contributed by atoms with van der Waals surface area (Å²) < 4.78 is 20.6. The average molecular weight is 402 g/mol. The maximum Gasteiger partial charge on any atom is 0.348 e. The Kier molecular flexibility index (Phi) is 5.54. The molecule has 4 rings (SSSR count). The number of aromatic nitrogens is 1. The average Bonchev–Trinajstić information content (AvgIpc) is 3.09. The third-order valence-corrected chi connectivity index (χ3v) is 6.33. The lowest BCUT2D eigenvalue weighted by Crippen LogP contribution is -3.13. The van der Waals surface area contributed by atoms with Crippen molar-refractivity contribution in [1.82, 2.24) is 0 Å². The zero-order valence-electron chi connectivity index (χ0n) is 15.8. The number of hydrogen-bond acceptors (Lipinski definition) is 4. The lowest BCUT2D eigenvalue weighted by Gasteiger charge is -2.28. The molecule has 7 heteroatoms. The smallest absolute Gasteiger partial charge is 0.348 e. The van der Waals surface area contributed by atoms with Crippen LogP contribution in [-0.2, 0) is 11.3 Å². The van der Waals surface area contributed by atoms with E-state index in [1.807, 2.05) is 24.4 Å². The molecule has 0 amide bonds. The number of H-pyrrole nitrogens is 1. The molecule has 0 unspecified atom stereocenters. The third-order valence-electron chi connectivity index (χ3n) is 5.15. The number of anilines is 1. The SMILES string of the molecule is CCOC(=O)c1sc2cccc(F)c2c1C[NH+]1CCN(c2cccc[nH+]2)CC1. The highest BCUT2D eigenvalue weighted by atomic mass is 32.1. The van der Waals surface area contributed by atoms with Gasteiger partial charge in [0.25, 0.3) is 5.82 Å². The number of halogens is 1. The summed E-state index contributed by atoms with van der Waals surface area (Å²) in [6.07, 6.45) is 1.93. The van der Waals surface area contributed by atoms with Gasteiger partial charge in [-0.15, -0.1) is 11.3 Å². The topological polar surface area (TPSA) is 48.1 Å². The van der Waals surface area contributed by atoms with Gasteiger partial charge in [-0.2, -0.15) is 0 Å². The Hall–Kier alpha value is -2.51. The standard InChI is InChI=1S/C21H22FN3O2S/c1-2-27-21(26)20-15(19-16(22)6-5-7-17(19)28-20)14-24-10-12-25(13-11-24)18-8-3-4-9-23-18/h3-9H,2,10-14H2,1H3/p+2. The largest absolute Gasteiger partial charge is 0.462 e. The molecule has 3 aromatic rings. The molecule has 0 bridgehead atoms. The van der Waals surface area contributed by atoms with E-state index in [1.165, 1.54) is 22.3 Å². The van der Waals surface area contributed by atoms with Crippen molar-refractivity contribution in [1.29, 1.82) is 0 Å². The Morgan fingerprint density at radius 1 is 1.25 bits per heavy atom. The number of piperazine rings is 1. The second kappa shape index (κ2) is 8.24. The molecule has 146 valence electrons. The summed E-state index contributed by atoms with van der Waals surface area (Å²) in [6, 6.07) is 11.1. The molecule has 28 heavy (non-hydrogen) atoms. The summed E-state index contributed by atoms with van der Waals surface area (Å²) >= 11 is 1.33. The monoisotopic (exact) mass is 401 g/mol. The van der Waals surface area contributed by atoms with Crippen LogP contribution in [0.4, 0.5) is 10.2 Å². The number of aromatic amines is 1. The van der Waals surface area contributed by atoms with E-state index in [9.17, 15) is 9.18 Å². The Balaban J connectivity index is 1.56. The van der Waals surface area contributed by atoms with E-state index in [0.717, 1.165) is 42.3 Å². The predicted octanol–water partition coefficient (Wildman–Crippen LogP) is 1.94. The van der Waals surface area contributed by atoms with Crippen molar-refractivity contribution in [2.75, 3.05) is 37.7 Å². The minimum absolute atomic E-state index is 0.267. The molecule has 1 fully saturated rings. The Bertz CT molecular complexity index is 968. The first-order valence-electron chi connectivity index (χ1n) is 9.59. The molecular formula is C21H24FN3O2S+2. The van der Waals surface area contributed by atoms with Gasteiger partial charge in [0.05, 0.1) is 12.8 Å². The van der Waals surface area contributed by atoms with Crippen LogP contribution in [0.1, 0.15) is 22.2 Å².